The average molecular weight is 494 g/mol. The van der Waals surface area contributed by atoms with Crippen molar-refractivity contribution < 1.29 is 47.6 Å². The minimum atomic E-state index is -0.691. The van der Waals surface area contributed by atoms with E-state index in [2.05, 4.69) is 13.2 Å². The molecule has 0 aromatic heterocycles. The number of carbonyl (C=O) groups is 4. The number of carbonyl (C=O) groups excluding carboxylic acids is 4. The minimum absolute atomic E-state index is 0.0769. The lowest BCUT2D eigenvalue weighted by molar-refractivity contribution is -0.129. The molecule has 10 nitrogen and oxygen atoms in total. The van der Waals surface area contributed by atoms with E-state index in [1.807, 2.05) is 0 Å². The van der Waals surface area contributed by atoms with E-state index in [1.165, 1.54) is 48.5 Å². The smallest absolute Gasteiger partial charge is 0.338 e. The Kier molecular flexibility index (Phi) is 7.57. The molecule has 0 aliphatic carbocycles. The van der Waals surface area contributed by atoms with Crippen LogP contribution in [0, 0.1) is 0 Å². The summed E-state index contributed by atoms with van der Waals surface area (Å²) in [5.74, 6) is -1.91. The van der Waals surface area contributed by atoms with Gasteiger partial charge in [0.2, 0.25) is 0 Å². The molecule has 4 atom stereocenters. The lowest BCUT2D eigenvalue weighted by atomic mass is 10.1. The number of fused-ring (bicyclic) bond motifs is 1. The van der Waals surface area contributed by atoms with Crippen molar-refractivity contribution in [1.82, 2.24) is 0 Å². The maximum atomic E-state index is 12.6. The summed E-state index contributed by atoms with van der Waals surface area (Å²) < 4.78 is 32.5. The SMILES string of the molecule is C=CC(=O)Oc1ccc(C(=O)O[C@@H]2CO[C@H]3[C@@H]2OC[C@H]3OC(=O)c2ccc(OC(=O)C=C)cc2)cc1. The van der Waals surface area contributed by atoms with Crippen molar-refractivity contribution in [2.24, 2.45) is 0 Å². The highest BCUT2D eigenvalue weighted by Crippen LogP contribution is 2.31. The van der Waals surface area contributed by atoms with Gasteiger partial charge in [0.25, 0.3) is 0 Å². The van der Waals surface area contributed by atoms with Gasteiger partial charge in [-0.3, -0.25) is 0 Å². The fourth-order valence-corrected chi connectivity index (χ4v) is 3.68. The predicted octanol–water partition coefficient (Wildman–Crippen LogP) is 2.42. The van der Waals surface area contributed by atoms with E-state index in [4.69, 9.17) is 28.4 Å². The Labute approximate surface area is 206 Å². The molecule has 0 bridgehead atoms. The van der Waals surface area contributed by atoms with Crippen LogP contribution in [-0.2, 0) is 28.5 Å². The molecule has 2 aliphatic heterocycles. The zero-order chi connectivity index (χ0) is 25.7. The Morgan fingerprint density at radius 3 is 1.36 bits per heavy atom. The second kappa shape index (κ2) is 11.0. The fraction of sp³-hybridized carbons (Fsp3) is 0.231. The second-order valence-electron chi connectivity index (χ2n) is 7.78. The molecule has 2 saturated heterocycles. The van der Waals surface area contributed by atoms with E-state index in [9.17, 15) is 19.2 Å². The highest BCUT2D eigenvalue weighted by molar-refractivity contribution is 5.90. The lowest BCUT2D eigenvalue weighted by Gasteiger charge is -2.17. The first-order valence-electron chi connectivity index (χ1n) is 10.9. The van der Waals surface area contributed by atoms with Crippen molar-refractivity contribution >= 4 is 23.9 Å². The number of rotatable bonds is 8. The van der Waals surface area contributed by atoms with Gasteiger partial charge in [-0.25, -0.2) is 19.2 Å². The van der Waals surface area contributed by atoms with Gasteiger partial charge in [-0.2, -0.15) is 0 Å². The Hall–Kier alpha value is -4.28. The average Bonchev–Trinajstić information content (AvgIpc) is 3.47. The standard InChI is InChI=1S/C26H22O10/c1-3-21(27)33-17-9-5-15(6-10-17)25(29)35-19-13-31-24-20(14-32-23(19)24)36-26(30)16-7-11-18(12-8-16)34-22(28)4-2/h3-12,19-20,23-24H,1-2,13-14H2/t19-,20-,23-,24-/m1/s1. The third-order valence-corrected chi connectivity index (χ3v) is 5.43. The van der Waals surface area contributed by atoms with Crippen LogP contribution in [0.15, 0.2) is 73.8 Å². The first kappa shape index (κ1) is 24.8. The van der Waals surface area contributed by atoms with Gasteiger partial charge in [-0.1, -0.05) is 13.2 Å². The molecular formula is C26H22O10. The van der Waals surface area contributed by atoms with Crippen molar-refractivity contribution in [3.63, 3.8) is 0 Å². The van der Waals surface area contributed by atoms with Crippen LogP contribution in [0.1, 0.15) is 20.7 Å². The molecule has 2 fully saturated rings. The third kappa shape index (κ3) is 5.68. The van der Waals surface area contributed by atoms with E-state index < -0.39 is 48.3 Å². The molecule has 36 heavy (non-hydrogen) atoms. The summed E-state index contributed by atoms with van der Waals surface area (Å²) in [4.78, 5) is 47.6. The number of hydrogen-bond donors (Lipinski definition) is 0. The van der Waals surface area contributed by atoms with E-state index in [1.54, 1.807) is 0 Å². The van der Waals surface area contributed by atoms with Crippen molar-refractivity contribution in [2.75, 3.05) is 13.2 Å². The summed E-state index contributed by atoms with van der Waals surface area (Å²) in [6, 6.07) is 11.7. The van der Waals surface area contributed by atoms with Gasteiger partial charge in [0.05, 0.1) is 24.3 Å². The molecule has 2 heterocycles. The highest BCUT2D eigenvalue weighted by atomic mass is 16.7. The van der Waals surface area contributed by atoms with Crippen LogP contribution in [0.25, 0.3) is 0 Å². The molecular weight excluding hydrogens is 472 g/mol. The van der Waals surface area contributed by atoms with Crippen LogP contribution in [0.3, 0.4) is 0 Å². The number of hydrogen-bond acceptors (Lipinski definition) is 10. The summed E-state index contributed by atoms with van der Waals surface area (Å²) in [7, 11) is 0. The number of benzene rings is 2. The molecule has 10 heteroatoms. The first-order chi connectivity index (χ1) is 17.4. The van der Waals surface area contributed by atoms with Crippen LogP contribution in [-0.4, -0.2) is 61.5 Å². The largest absolute Gasteiger partial charge is 0.453 e. The summed E-state index contributed by atoms with van der Waals surface area (Å²) in [5.41, 5.74) is 0.500. The summed E-state index contributed by atoms with van der Waals surface area (Å²) in [6.07, 6.45) is -0.513. The van der Waals surface area contributed by atoms with Gasteiger partial charge in [-0.15, -0.1) is 0 Å². The fourth-order valence-electron chi connectivity index (χ4n) is 3.68. The molecule has 0 amide bonds. The summed E-state index contributed by atoms with van der Waals surface area (Å²) in [5, 5.41) is 0. The van der Waals surface area contributed by atoms with E-state index in [0.717, 1.165) is 12.2 Å². The zero-order valence-electron chi connectivity index (χ0n) is 19.0. The van der Waals surface area contributed by atoms with Crippen LogP contribution in [0.2, 0.25) is 0 Å². The molecule has 2 aliphatic rings. The van der Waals surface area contributed by atoms with Gasteiger partial charge < -0.3 is 28.4 Å². The first-order valence-corrected chi connectivity index (χ1v) is 10.9. The van der Waals surface area contributed by atoms with Crippen molar-refractivity contribution in [2.45, 2.75) is 24.4 Å². The normalized spacial score (nSPS) is 22.1. The maximum absolute atomic E-state index is 12.6. The van der Waals surface area contributed by atoms with Crippen LogP contribution >= 0.6 is 0 Å². The minimum Gasteiger partial charge on any atom is -0.453 e. The molecule has 0 spiro atoms. The highest BCUT2D eigenvalue weighted by Gasteiger charge is 2.51. The van der Waals surface area contributed by atoms with Gasteiger partial charge in [0.15, 0.2) is 12.2 Å². The Morgan fingerprint density at radius 2 is 1.03 bits per heavy atom. The topological polar surface area (TPSA) is 124 Å². The van der Waals surface area contributed by atoms with Crippen LogP contribution in [0.4, 0.5) is 0 Å². The molecule has 0 N–H and O–H groups in total. The van der Waals surface area contributed by atoms with E-state index in [-0.39, 0.29) is 35.8 Å². The second-order valence-corrected chi connectivity index (χ2v) is 7.78. The quantitative estimate of drug-likeness (QED) is 0.307. The molecule has 0 saturated carbocycles. The monoisotopic (exact) mass is 494 g/mol. The molecule has 2 aromatic rings. The summed E-state index contributed by atoms with van der Waals surface area (Å²) in [6.45, 7) is 6.79. The Bertz CT molecular complexity index is 1070. The number of ether oxygens (including phenoxy) is 6. The molecule has 0 unspecified atom stereocenters. The molecule has 186 valence electrons. The molecule has 0 radical (unpaired) electrons. The third-order valence-electron chi connectivity index (χ3n) is 5.43. The zero-order valence-corrected chi connectivity index (χ0v) is 19.0. The van der Waals surface area contributed by atoms with Crippen LogP contribution < -0.4 is 9.47 Å². The summed E-state index contributed by atoms with van der Waals surface area (Å²) >= 11 is 0. The Morgan fingerprint density at radius 1 is 0.667 bits per heavy atom. The maximum Gasteiger partial charge on any atom is 0.338 e. The number of esters is 4. The molecule has 4 rings (SSSR count). The van der Waals surface area contributed by atoms with Crippen molar-refractivity contribution in [3.8, 4) is 11.5 Å². The van der Waals surface area contributed by atoms with E-state index in [0.29, 0.717) is 0 Å². The van der Waals surface area contributed by atoms with Crippen molar-refractivity contribution in [1.29, 1.82) is 0 Å². The van der Waals surface area contributed by atoms with E-state index >= 15 is 0 Å². The van der Waals surface area contributed by atoms with Gasteiger partial charge >= 0.3 is 23.9 Å². The predicted molar refractivity (Wildman–Crippen MR) is 122 cm³/mol. The van der Waals surface area contributed by atoms with Gasteiger partial charge in [-0.05, 0) is 48.5 Å². The van der Waals surface area contributed by atoms with Crippen LogP contribution in [0.5, 0.6) is 11.5 Å². The Balaban J connectivity index is 1.30. The lowest BCUT2D eigenvalue weighted by Crippen LogP contribution is -2.36. The van der Waals surface area contributed by atoms with Gasteiger partial charge in [0.1, 0.15) is 23.7 Å². The molecule has 2 aromatic carbocycles. The van der Waals surface area contributed by atoms with Gasteiger partial charge in [0, 0.05) is 12.2 Å². The van der Waals surface area contributed by atoms with Crippen molar-refractivity contribution in [3.05, 3.63) is 85.0 Å².